The number of rotatable bonds is 3. The lowest BCUT2D eigenvalue weighted by Gasteiger charge is -2.40. The van der Waals surface area contributed by atoms with Crippen LogP contribution in [0.3, 0.4) is 0 Å². The van der Waals surface area contributed by atoms with Crippen LogP contribution in [0.4, 0.5) is 11.4 Å². The van der Waals surface area contributed by atoms with Gasteiger partial charge in [-0.25, -0.2) is 0 Å². The average molecular weight is 358 g/mol. The highest BCUT2D eigenvalue weighted by Crippen LogP contribution is 2.49. The van der Waals surface area contributed by atoms with E-state index in [0.29, 0.717) is 6.42 Å². The van der Waals surface area contributed by atoms with Crippen molar-refractivity contribution >= 4 is 17.3 Å². The maximum Gasteiger partial charge on any atom is 0.224 e. The number of amides is 1. The van der Waals surface area contributed by atoms with Crippen LogP contribution in [0.1, 0.15) is 18.0 Å². The van der Waals surface area contributed by atoms with E-state index in [1.54, 1.807) is 31.1 Å². The number of aromatic hydroxyl groups is 1. The molecule has 1 aliphatic heterocycles. The molecule has 0 bridgehead atoms. The van der Waals surface area contributed by atoms with Crippen molar-refractivity contribution in [3.05, 3.63) is 78.4 Å². The van der Waals surface area contributed by atoms with Gasteiger partial charge in [-0.15, -0.1) is 0 Å². The van der Waals surface area contributed by atoms with Gasteiger partial charge in [-0.3, -0.25) is 4.79 Å². The summed E-state index contributed by atoms with van der Waals surface area (Å²) in [5.74, 6) is 0.309. The second-order valence-corrected chi connectivity index (χ2v) is 7.00. The lowest BCUT2D eigenvalue weighted by molar-refractivity contribution is -0.129. The third kappa shape index (κ3) is 3.04. The summed E-state index contributed by atoms with van der Waals surface area (Å²) in [5, 5.41) is 9.71. The lowest BCUT2D eigenvalue weighted by atomic mass is 9.86. The molecule has 0 fully saturated rings. The molecule has 0 saturated carbocycles. The van der Waals surface area contributed by atoms with E-state index in [9.17, 15) is 9.90 Å². The lowest BCUT2D eigenvalue weighted by Crippen LogP contribution is -2.33. The summed E-state index contributed by atoms with van der Waals surface area (Å²) < 4.78 is 0. The summed E-state index contributed by atoms with van der Waals surface area (Å²) >= 11 is 0. The molecule has 1 atom stereocenters. The van der Waals surface area contributed by atoms with Gasteiger partial charge in [0.15, 0.2) is 0 Å². The molecule has 4 rings (SSSR count). The fraction of sp³-hybridized carbons (Fsp3) is 0.174. The van der Waals surface area contributed by atoms with E-state index in [0.717, 1.165) is 22.5 Å². The Balaban J connectivity index is 1.92. The van der Waals surface area contributed by atoms with Gasteiger partial charge in [0.2, 0.25) is 5.91 Å². The summed E-state index contributed by atoms with van der Waals surface area (Å²) in [4.78, 5) is 16.5. The highest BCUT2D eigenvalue weighted by molar-refractivity contribution is 5.90. The Labute approximate surface area is 159 Å². The maximum absolute atomic E-state index is 12.6. The number of benzene rings is 3. The van der Waals surface area contributed by atoms with Crippen molar-refractivity contribution in [2.75, 3.05) is 19.0 Å². The van der Waals surface area contributed by atoms with Gasteiger partial charge in [-0.1, -0.05) is 42.5 Å². The molecule has 0 aromatic heterocycles. The van der Waals surface area contributed by atoms with Gasteiger partial charge in [0.1, 0.15) is 5.75 Å². The Morgan fingerprint density at radius 1 is 0.926 bits per heavy atom. The third-order valence-corrected chi connectivity index (χ3v) is 5.08. The van der Waals surface area contributed by atoms with Crippen molar-refractivity contribution in [2.45, 2.75) is 12.5 Å². The Bertz CT molecular complexity index is 980. The normalized spacial score (nSPS) is 15.0. The van der Waals surface area contributed by atoms with Gasteiger partial charge < -0.3 is 14.9 Å². The largest absolute Gasteiger partial charge is 0.508 e. The van der Waals surface area contributed by atoms with E-state index in [-0.39, 0.29) is 17.7 Å². The first kappa shape index (κ1) is 17.2. The number of hydrogen-bond donors (Lipinski definition) is 1. The standard InChI is InChI=1S/C23H22N2O2/c1-24(2)23(27)15-22-20-9-4-3-7-18(20)19-8-5-6-10-21(19)25(22)16-11-13-17(26)14-12-16/h3-14,22,26H,15H2,1-2H3. The molecule has 1 aliphatic rings. The first-order valence-electron chi connectivity index (χ1n) is 9.03. The number of para-hydroxylation sites is 1. The van der Waals surface area contributed by atoms with E-state index < -0.39 is 0 Å². The SMILES string of the molecule is CN(C)C(=O)CC1c2ccccc2-c2ccccc2N1c1ccc(O)cc1. The number of nitrogens with zero attached hydrogens (tertiary/aromatic N) is 2. The van der Waals surface area contributed by atoms with Gasteiger partial charge in [-0.05, 0) is 41.5 Å². The average Bonchev–Trinajstić information content (AvgIpc) is 2.69. The molecule has 0 spiro atoms. The number of carbonyl (C=O) groups excluding carboxylic acids is 1. The van der Waals surface area contributed by atoms with Crippen LogP contribution in [-0.4, -0.2) is 30.0 Å². The number of phenols is 1. The van der Waals surface area contributed by atoms with Gasteiger partial charge in [0, 0.05) is 31.0 Å². The maximum atomic E-state index is 12.6. The molecule has 1 unspecified atom stereocenters. The molecule has 1 N–H and O–H groups in total. The molecular formula is C23H22N2O2. The van der Waals surface area contributed by atoms with Crippen molar-refractivity contribution in [3.63, 3.8) is 0 Å². The van der Waals surface area contributed by atoms with Crippen LogP contribution >= 0.6 is 0 Å². The monoisotopic (exact) mass is 358 g/mol. The molecule has 4 nitrogen and oxygen atoms in total. The van der Waals surface area contributed by atoms with Crippen molar-refractivity contribution in [1.29, 1.82) is 0 Å². The highest BCUT2D eigenvalue weighted by Gasteiger charge is 2.33. The molecule has 1 heterocycles. The summed E-state index contributed by atoms with van der Waals surface area (Å²) in [5.41, 5.74) is 5.47. The molecule has 0 saturated heterocycles. The molecule has 3 aromatic rings. The van der Waals surface area contributed by atoms with Crippen LogP contribution < -0.4 is 4.90 Å². The van der Waals surface area contributed by atoms with Crippen LogP contribution in [0.5, 0.6) is 5.75 Å². The zero-order valence-electron chi connectivity index (χ0n) is 15.5. The summed E-state index contributed by atoms with van der Waals surface area (Å²) in [7, 11) is 3.58. The van der Waals surface area contributed by atoms with Gasteiger partial charge in [0.25, 0.3) is 0 Å². The van der Waals surface area contributed by atoms with E-state index in [1.807, 2.05) is 36.4 Å². The van der Waals surface area contributed by atoms with E-state index >= 15 is 0 Å². The molecule has 0 aliphatic carbocycles. The predicted molar refractivity (Wildman–Crippen MR) is 108 cm³/mol. The molecular weight excluding hydrogens is 336 g/mol. The molecule has 0 radical (unpaired) electrons. The number of phenolic OH excluding ortho intramolecular Hbond substituents is 1. The summed E-state index contributed by atoms with van der Waals surface area (Å²) in [6.45, 7) is 0. The van der Waals surface area contributed by atoms with Crippen molar-refractivity contribution in [3.8, 4) is 16.9 Å². The Morgan fingerprint density at radius 3 is 2.26 bits per heavy atom. The van der Waals surface area contributed by atoms with E-state index in [1.165, 1.54) is 5.56 Å². The topological polar surface area (TPSA) is 43.8 Å². The Hall–Kier alpha value is -3.27. The fourth-order valence-electron chi connectivity index (χ4n) is 3.73. The van der Waals surface area contributed by atoms with E-state index in [2.05, 4.69) is 29.2 Å². The van der Waals surface area contributed by atoms with Crippen molar-refractivity contribution in [2.24, 2.45) is 0 Å². The van der Waals surface area contributed by atoms with Crippen molar-refractivity contribution < 1.29 is 9.90 Å². The number of carbonyl (C=O) groups is 1. The van der Waals surface area contributed by atoms with Crippen molar-refractivity contribution in [1.82, 2.24) is 4.90 Å². The zero-order chi connectivity index (χ0) is 19.0. The van der Waals surface area contributed by atoms with Gasteiger partial charge in [-0.2, -0.15) is 0 Å². The Kier molecular flexibility index (Phi) is 4.32. The smallest absolute Gasteiger partial charge is 0.224 e. The fourth-order valence-corrected chi connectivity index (χ4v) is 3.73. The molecule has 136 valence electrons. The van der Waals surface area contributed by atoms with Gasteiger partial charge in [0.05, 0.1) is 12.5 Å². The first-order chi connectivity index (χ1) is 13.1. The summed E-state index contributed by atoms with van der Waals surface area (Å²) in [6, 6.07) is 23.6. The van der Waals surface area contributed by atoms with Crippen LogP contribution in [0.25, 0.3) is 11.1 Å². The quantitative estimate of drug-likeness (QED) is 0.736. The number of anilines is 2. The molecule has 27 heavy (non-hydrogen) atoms. The van der Waals surface area contributed by atoms with Crippen LogP contribution in [-0.2, 0) is 4.79 Å². The zero-order valence-corrected chi connectivity index (χ0v) is 15.5. The minimum atomic E-state index is -0.115. The summed E-state index contributed by atoms with van der Waals surface area (Å²) in [6.07, 6.45) is 0.374. The third-order valence-electron chi connectivity index (χ3n) is 5.08. The Morgan fingerprint density at radius 2 is 1.56 bits per heavy atom. The first-order valence-corrected chi connectivity index (χ1v) is 9.03. The van der Waals surface area contributed by atoms with E-state index in [4.69, 9.17) is 0 Å². The number of hydrogen-bond acceptors (Lipinski definition) is 3. The second kappa shape index (κ2) is 6.80. The second-order valence-electron chi connectivity index (χ2n) is 7.00. The predicted octanol–water partition coefficient (Wildman–Crippen LogP) is 4.73. The minimum Gasteiger partial charge on any atom is -0.508 e. The van der Waals surface area contributed by atoms with Crippen LogP contribution in [0.15, 0.2) is 72.8 Å². The van der Waals surface area contributed by atoms with Gasteiger partial charge >= 0.3 is 0 Å². The van der Waals surface area contributed by atoms with Crippen LogP contribution in [0.2, 0.25) is 0 Å². The van der Waals surface area contributed by atoms with Crippen LogP contribution in [0, 0.1) is 0 Å². The molecule has 1 amide bonds. The molecule has 3 aromatic carbocycles. The minimum absolute atomic E-state index is 0.0814. The number of fused-ring (bicyclic) bond motifs is 3. The highest BCUT2D eigenvalue weighted by atomic mass is 16.3. The molecule has 4 heteroatoms.